The zero-order valence-corrected chi connectivity index (χ0v) is 16.0. The van der Waals surface area contributed by atoms with Crippen LogP contribution in [-0.4, -0.2) is 48.9 Å². The molecule has 1 aliphatic heterocycles. The standard InChI is InChI=1S/C21H32N2O2/c1-13(2)20-21(12-23(20)3)10-18(19(24)11-21)22-17-8-6-14-5-7-15(25-4)9-16(14)17/h5,7,9,13,17-20,22,24H,6,8,10-12H2,1-4H3/t17?,18-,19-,20?,21?/m1/s1. The van der Waals surface area contributed by atoms with E-state index in [2.05, 4.69) is 49.3 Å². The summed E-state index contributed by atoms with van der Waals surface area (Å²) in [6.45, 7) is 5.75. The Labute approximate surface area is 151 Å². The fourth-order valence-electron chi connectivity index (χ4n) is 6.16. The molecule has 0 bridgehead atoms. The number of likely N-dealkylation sites (tertiary alicyclic amines) is 1. The van der Waals surface area contributed by atoms with Crippen molar-refractivity contribution in [2.45, 2.75) is 63.8 Å². The fraction of sp³-hybridized carbons (Fsp3) is 0.714. The van der Waals surface area contributed by atoms with Gasteiger partial charge in [0.05, 0.1) is 13.2 Å². The summed E-state index contributed by atoms with van der Waals surface area (Å²) in [5.41, 5.74) is 3.08. The van der Waals surface area contributed by atoms with E-state index < -0.39 is 0 Å². The summed E-state index contributed by atoms with van der Waals surface area (Å²) in [6.07, 6.45) is 4.03. The molecule has 25 heavy (non-hydrogen) atoms. The molecule has 2 aliphatic carbocycles. The van der Waals surface area contributed by atoms with Crippen LogP contribution in [0.2, 0.25) is 0 Å². The van der Waals surface area contributed by atoms with Gasteiger partial charge in [0.1, 0.15) is 5.75 Å². The zero-order chi connectivity index (χ0) is 17.8. The third kappa shape index (κ3) is 2.79. The van der Waals surface area contributed by atoms with Gasteiger partial charge >= 0.3 is 0 Å². The topological polar surface area (TPSA) is 44.7 Å². The Morgan fingerprint density at radius 3 is 2.80 bits per heavy atom. The Morgan fingerprint density at radius 2 is 2.12 bits per heavy atom. The van der Waals surface area contributed by atoms with Crippen molar-refractivity contribution in [2.75, 3.05) is 20.7 Å². The summed E-state index contributed by atoms with van der Waals surface area (Å²) in [5, 5.41) is 14.6. The van der Waals surface area contributed by atoms with Crippen LogP contribution in [0.1, 0.15) is 50.3 Å². The number of aliphatic hydroxyl groups is 1. The van der Waals surface area contributed by atoms with Gasteiger partial charge in [-0.2, -0.15) is 0 Å². The molecule has 1 spiro atoms. The van der Waals surface area contributed by atoms with Gasteiger partial charge < -0.3 is 20.1 Å². The van der Waals surface area contributed by atoms with E-state index in [-0.39, 0.29) is 12.1 Å². The monoisotopic (exact) mass is 344 g/mol. The number of ether oxygens (including phenoxy) is 1. The number of hydrogen-bond donors (Lipinski definition) is 2. The molecular formula is C21H32N2O2. The van der Waals surface area contributed by atoms with Crippen molar-refractivity contribution in [1.29, 1.82) is 0 Å². The molecule has 1 saturated carbocycles. The van der Waals surface area contributed by atoms with Crippen LogP contribution in [0.3, 0.4) is 0 Å². The molecular weight excluding hydrogens is 312 g/mol. The molecule has 2 fully saturated rings. The number of aliphatic hydroxyl groups excluding tert-OH is 1. The molecule has 1 saturated heterocycles. The summed E-state index contributed by atoms with van der Waals surface area (Å²) >= 11 is 0. The van der Waals surface area contributed by atoms with Crippen molar-refractivity contribution in [3.63, 3.8) is 0 Å². The molecule has 3 aliphatic rings. The van der Waals surface area contributed by atoms with E-state index in [0.717, 1.165) is 38.0 Å². The maximum Gasteiger partial charge on any atom is 0.119 e. The van der Waals surface area contributed by atoms with Crippen LogP contribution < -0.4 is 10.1 Å². The van der Waals surface area contributed by atoms with Crippen LogP contribution in [0.4, 0.5) is 0 Å². The predicted octanol–water partition coefficient (Wildman–Crippen LogP) is 2.75. The second-order valence-electron chi connectivity index (χ2n) is 8.87. The van der Waals surface area contributed by atoms with Crippen molar-refractivity contribution in [2.24, 2.45) is 11.3 Å². The third-order valence-corrected chi connectivity index (χ3v) is 6.85. The lowest BCUT2D eigenvalue weighted by molar-refractivity contribution is -0.0828. The van der Waals surface area contributed by atoms with Gasteiger partial charge in [0, 0.05) is 30.1 Å². The van der Waals surface area contributed by atoms with E-state index in [4.69, 9.17) is 4.74 Å². The van der Waals surface area contributed by atoms with Crippen LogP contribution in [0.15, 0.2) is 18.2 Å². The molecule has 4 heteroatoms. The lowest BCUT2D eigenvalue weighted by Gasteiger charge is -2.57. The molecule has 1 aromatic carbocycles. The minimum atomic E-state index is -0.232. The summed E-state index contributed by atoms with van der Waals surface area (Å²) < 4.78 is 5.41. The smallest absolute Gasteiger partial charge is 0.119 e. The highest BCUT2D eigenvalue weighted by molar-refractivity contribution is 5.41. The first kappa shape index (κ1) is 17.3. The highest BCUT2D eigenvalue weighted by Crippen LogP contribution is 2.52. The van der Waals surface area contributed by atoms with Crippen LogP contribution in [-0.2, 0) is 6.42 Å². The Balaban J connectivity index is 1.48. The Hall–Kier alpha value is -1.10. The van der Waals surface area contributed by atoms with Crippen molar-refractivity contribution in [3.05, 3.63) is 29.3 Å². The van der Waals surface area contributed by atoms with Gasteiger partial charge in [0.25, 0.3) is 0 Å². The molecule has 138 valence electrons. The van der Waals surface area contributed by atoms with Crippen LogP contribution >= 0.6 is 0 Å². The molecule has 1 aromatic rings. The van der Waals surface area contributed by atoms with Crippen molar-refractivity contribution < 1.29 is 9.84 Å². The van der Waals surface area contributed by atoms with E-state index >= 15 is 0 Å². The van der Waals surface area contributed by atoms with E-state index in [0.29, 0.717) is 23.4 Å². The lowest BCUT2D eigenvalue weighted by Crippen LogP contribution is -2.64. The van der Waals surface area contributed by atoms with Crippen LogP contribution in [0.5, 0.6) is 5.75 Å². The summed E-state index contributed by atoms with van der Waals surface area (Å²) in [6, 6.07) is 7.57. The SMILES string of the molecule is COc1ccc2c(c1)C(N[C@@H]1CC3(C[C@H]1O)CN(C)C3C(C)C)CC2. The normalized spacial score (nSPS) is 37.5. The quantitative estimate of drug-likeness (QED) is 0.882. The Bertz CT molecular complexity index is 642. The number of aryl methyl sites for hydroxylation is 1. The molecule has 0 radical (unpaired) electrons. The summed E-state index contributed by atoms with van der Waals surface area (Å²) in [7, 11) is 3.95. The van der Waals surface area contributed by atoms with Gasteiger partial charge in [0.2, 0.25) is 0 Å². The van der Waals surface area contributed by atoms with Gasteiger partial charge in [-0.3, -0.25) is 0 Å². The van der Waals surface area contributed by atoms with Gasteiger partial charge in [0.15, 0.2) is 0 Å². The van der Waals surface area contributed by atoms with E-state index in [9.17, 15) is 5.11 Å². The number of nitrogens with one attached hydrogen (secondary N) is 1. The van der Waals surface area contributed by atoms with Gasteiger partial charge in [-0.15, -0.1) is 0 Å². The largest absolute Gasteiger partial charge is 0.497 e. The second kappa shape index (κ2) is 6.26. The predicted molar refractivity (Wildman–Crippen MR) is 99.9 cm³/mol. The highest BCUT2D eigenvalue weighted by Gasteiger charge is 2.58. The Kier molecular flexibility index (Phi) is 4.33. The van der Waals surface area contributed by atoms with E-state index in [1.165, 1.54) is 11.1 Å². The minimum absolute atomic E-state index is 0.206. The molecule has 1 heterocycles. The van der Waals surface area contributed by atoms with Gasteiger partial charge in [-0.25, -0.2) is 0 Å². The second-order valence-corrected chi connectivity index (χ2v) is 8.87. The maximum atomic E-state index is 10.8. The first-order valence-electron chi connectivity index (χ1n) is 9.75. The minimum Gasteiger partial charge on any atom is -0.497 e. The molecule has 2 N–H and O–H groups in total. The first-order chi connectivity index (χ1) is 11.9. The summed E-state index contributed by atoms with van der Waals surface area (Å²) in [4.78, 5) is 2.47. The zero-order valence-electron chi connectivity index (χ0n) is 16.0. The van der Waals surface area contributed by atoms with Crippen LogP contribution in [0.25, 0.3) is 0 Å². The number of nitrogens with zero attached hydrogens (tertiary/aromatic N) is 1. The number of hydrogen-bond acceptors (Lipinski definition) is 4. The maximum absolute atomic E-state index is 10.8. The average molecular weight is 344 g/mol. The van der Waals surface area contributed by atoms with Crippen molar-refractivity contribution in [3.8, 4) is 5.75 Å². The number of rotatable bonds is 4. The molecule has 0 aromatic heterocycles. The first-order valence-corrected chi connectivity index (χ1v) is 9.75. The lowest BCUT2D eigenvalue weighted by atomic mass is 9.66. The van der Waals surface area contributed by atoms with Gasteiger partial charge in [-0.05, 0) is 61.9 Å². The number of benzene rings is 1. The summed E-state index contributed by atoms with van der Waals surface area (Å²) in [5.74, 6) is 1.57. The molecule has 4 nitrogen and oxygen atoms in total. The molecule has 4 rings (SSSR count). The molecule has 0 amide bonds. The van der Waals surface area contributed by atoms with Crippen LogP contribution in [0, 0.1) is 11.3 Å². The van der Waals surface area contributed by atoms with E-state index in [1.54, 1.807) is 7.11 Å². The molecule has 5 atom stereocenters. The van der Waals surface area contributed by atoms with E-state index in [1.807, 2.05) is 0 Å². The average Bonchev–Trinajstić information content (AvgIpc) is 3.09. The van der Waals surface area contributed by atoms with Gasteiger partial charge in [-0.1, -0.05) is 19.9 Å². The van der Waals surface area contributed by atoms with Crippen molar-refractivity contribution in [1.82, 2.24) is 10.2 Å². The third-order valence-electron chi connectivity index (χ3n) is 6.85. The fourth-order valence-corrected chi connectivity index (χ4v) is 6.16. The number of fused-ring (bicyclic) bond motifs is 1. The highest BCUT2D eigenvalue weighted by atomic mass is 16.5. The van der Waals surface area contributed by atoms with Crippen molar-refractivity contribution >= 4 is 0 Å². The Morgan fingerprint density at radius 1 is 1.32 bits per heavy atom. The number of methoxy groups -OCH3 is 1. The molecule has 3 unspecified atom stereocenters.